The molecule has 15 heavy (non-hydrogen) atoms. The minimum atomic E-state index is 0.325. The first-order valence-corrected chi connectivity index (χ1v) is 6.54. The van der Waals surface area contributed by atoms with Crippen molar-refractivity contribution in [1.82, 2.24) is 10.3 Å². The Morgan fingerprint density at radius 1 is 1.47 bits per heavy atom. The van der Waals surface area contributed by atoms with Crippen LogP contribution in [0.1, 0.15) is 44.2 Å². The molecule has 0 radical (unpaired) electrons. The molecule has 0 aliphatic rings. The number of aromatic nitrogens is 1. The van der Waals surface area contributed by atoms with Crippen molar-refractivity contribution in [2.45, 2.75) is 45.2 Å². The lowest BCUT2D eigenvalue weighted by atomic mass is 10.1. The van der Waals surface area contributed by atoms with Crippen molar-refractivity contribution in [2.24, 2.45) is 5.73 Å². The van der Waals surface area contributed by atoms with Crippen molar-refractivity contribution in [3.63, 3.8) is 0 Å². The van der Waals surface area contributed by atoms with E-state index in [1.165, 1.54) is 5.01 Å². The molecule has 0 aromatic carbocycles. The van der Waals surface area contributed by atoms with E-state index in [9.17, 15) is 0 Å². The molecule has 0 aliphatic carbocycles. The Kier molecular flexibility index (Phi) is 5.83. The minimum absolute atomic E-state index is 0.325. The van der Waals surface area contributed by atoms with Gasteiger partial charge >= 0.3 is 0 Å². The Bertz CT molecular complexity index is 248. The fourth-order valence-corrected chi connectivity index (χ4v) is 2.26. The SMILES string of the molecule is CCC(N)CCNC(CC)c1nccs1. The molecule has 0 bridgehead atoms. The Hall–Kier alpha value is -0.450. The van der Waals surface area contributed by atoms with Crippen molar-refractivity contribution in [3.05, 3.63) is 16.6 Å². The summed E-state index contributed by atoms with van der Waals surface area (Å²) in [7, 11) is 0. The summed E-state index contributed by atoms with van der Waals surface area (Å²) in [6, 6.07) is 0.723. The Labute approximate surface area is 96.1 Å². The van der Waals surface area contributed by atoms with Gasteiger partial charge in [-0.25, -0.2) is 4.98 Å². The molecular formula is C11H21N3S. The maximum Gasteiger partial charge on any atom is 0.109 e. The highest BCUT2D eigenvalue weighted by Gasteiger charge is 2.10. The van der Waals surface area contributed by atoms with Crippen LogP contribution in [-0.4, -0.2) is 17.6 Å². The maximum atomic E-state index is 5.87. The lowest BCUT2D eigenvalue weighted by Crippen LogP contribution is -2.28. The van der Waals surface area contributed by atoms with Gasteiger partial charge < -0.3 is 11.1 Å². The molecule has 86 valence electrons. The van der Waals surface area contributed by atoms with E-state index in [-0.39, 0.29) is 0 Å². The number of rotatable bonds is 7. The molecule has 0 fully saturated rings. The fraction of sp³-hybridized carbons (Fsp3) is 0.727. The molecule has 0 amide bonds. The summed E-state index contributed by atoms with van der Waals surface area (Å²) in [5.74, 6) is 0. The van der Waals surface area contributed by atoms with Crippen molar-refractivity contribution in [3.8, 4) is 0 Å². The van der Waals surface area contributed by atoms with E-state index in [0.29, 0.717) is 12.1 Å². The summed E-state index contributed by atoms with van der Waals surface area (Å²) >= 11 is 1.72. The van der Waals surface area contributed by atoms with Gasteiger partial charge in [-0.2, -0.15) is 0 Å². The third-order valence-electron chi connectivity index (χ3n) is 2.59. The average Bonchev–Trinajstić information content (AvgIpc) is 2.77. The van der Waals surface area contributed by atoms with Crippen LogP contribution in [0.2, 0.25) is 0 Å². The second-order valence-electron chi connectivity index (χ2n) is 3.74. The molecule has 0 aliphatic heterocycles. The molecule has 0 saturated carbocycles. The van der Waals surface area contributed by atoms with Crippen LogP contribution in [0.25, 0.3) is 0 Å². The molecule has 2 unspecified atom stereocenters. The van der Waals surface area contributed by atoms with Crippen molar-refractivity contribution >= 4 is 11.3 Å². The lowest BCUT2D eigenvalue weighted by Gasteiger charge is -2.16. The van der Waals surface area contributed by atoms with Crippen molar-refractivity contribution in [1.29, 1.82) is 0 Å². The van der Waals surface area contributed by atoms with Crippen LogP contribution < -0.4 is 11.1 Å². The maximum absolute atomic E-state index is 5.87. The topological polar surface area (TPSA) is 50.9 Å². The van der Waals surface area contributed by atoms with Gasteiger partial charge in [-0.05, 0) is 25.8 Å². The molecule has 3 nitrogen and oxygen atoms in total. The molecular weight excluding hydrogens is 206 g/mol. The van der Waals surface area contributed by atoms with Gasteiger partial charge in [-0.15, -0.1) is 11.3 Å². The zero-order valence-corrected chi connectivity index (χ0v) is 10.4. The van der Waals surface area contributed by atoms with E-state index >= 15 is 0 Å². The van der Waals surface area contributed by atoms with Gasteiger partial charge in [0.1, 0.15) is 5.01 Å². The third kappa shape index (κ3) is 4.28. The Morgan fingerprint density at radius 2 is 2.27 bits per heavy atom. The fourth-order valence-electron chi connectivity index (χ4n) is 1.46. The van der Waals surface area contributed by atoms with E-state index in [4.69, 9.17) is 5.73 Å². The van der Waals surface area contributed by atoms with Gasteiger partial charge in [0, 0.05) is 17.6 Å². The first-order valence-electron chi connectivity index (χ1n) is 5.66. The summed E-state index contributed by atoms with van der Waals surface area (Å²) in [5, 5.41) is 6.71. The standard InChI is InChI=1S/C11H21N3S/c1-3-9(12)5-6-13-10(4-2)11-14-7-8-15-11/h7-10,13H,3-6,12H2,1-2H3. The van der Waals surface area contributed by atoms with Crippen molar-refractivity contribution < 1.29 is 0 Å². The highest BCUT2D eigenvalue weighted by Crippen LogP contribution is 2.18. The molecule has 4 heteroatoms. The number of hydrogen-bond donors (Lipinski definition) is 2. The average molecular weight is 227 g/mol. The van der Waals surface area contributed by atoms with Gasteiger partial charge in [0.2, 0.25) is 0 Å². The minimum Gasteiger partial charge on any atom is -0.328 e. The van der Waals surface area contributed by atoms with Gasteiger partial charge in [-0.3, -0.25) is 0 Å². The first-order chi connectivity index (χ1) is 7.27. The van der Waals surface area contributed by atoms with Gasteiger partial charge in [-0.1, -0.05) is 13.8 Å². The van der Waals surface area contributed by atoms with Crippen LogP contribution in [0.3, 0.4) is 0 Å². The van der Waals surface area contributed by atoms with Crippen LogP contribution in [0.15, 0.2) is 11.6 Å². The monoisotopic (exact) mass is 227 g/mol. The molecule has 1 rings (SSSR count). The van der Waals surface area contributed by atoms with E-state index < -0.39 is 0 Å². The predicted octanol–water partition coefficient (Wildman–Crippen LogP) is 2.31. The van der Waals surface area contributed by atoms with E-state index in [0.717, 1.165) is 25.8 Å². The number of nitrogens with one attached hydrogen (secondary N) is 1. The van der Waals surface area contributed by atoms with E-state index in [1.54, 1.807) is 11.3 Å². The quantitative estimate of drug-likeness (QED) is 0.751. The number of hydrogen-bond acceptors (Lipinski definition) is 4. The molecule has 1 heterocycles. The van der Waals surface area contributed by atoms with Crippen LogP contribution in [-0.2, 0) is 0 Å². The zero-order valence-electron chi connectivity index (χ0n) is 9.57. The van der Waals surface area contributed by atoms with Gasteiger partial charge in [0.05, 0.1) is 6.04 Å². The van der Waals surface area contributed by atoms with E-state index in [2.05, 4.69) is 24.1 Å². The van der Waals surface area contributed by atoms with Crippen LogP contribution in [0.4, 0.5) is 0 Å². The summed E-state index contributed by atoms with van der Waals surface area (Å²) in [6.45, 7) is 5.29. The number of thiazole rings is 1. The summed E-state index contributed by atoms with van der Waals surface area (Å²) < 4.78 is 0. The highest BCUT2D eigenvalue weighted by molar-refractivity contribution is 7.09. The Morgan fingerprint density at radius 3 is 2.80 bits per heavy atom. The second kappa shape index (κ2) is 6.93. The highest BCUT2D eigenvalue weighted by atomic mass is 32.1. The molecule has 1 aromatic rings. The molecule has 2 atom stereocenters. The normalized spacial score (nSPS) is 15.1. The lowest BCUT2D eigenvalue weighted by molar-refractivity contribution is 0.477. The van der Waals surface area contributed by atoms with Crippen LogP contribution >= 0.6 is 11.3 Å². The zero-order chi connectivity index (χ0) is 11.1. The summed E-state index contributed by atoms with van der Waals surface area (Å²) in [5.41, 5.74) is 5.87. The Balaban J connectivity index is 2.29. The van der Waals surface area contributed by atoms with Crippen molar-refractivity contribution in [2.75, 3.05) is 6.54 Å². The molecule has 0 saturated heterocycles. The number of nitrogens with zero attached hydrogens (tertiary/aromatic N) is 1. The summed E-state index contributed by atoms with van der Waals surface area (Å²) in [6.07, 6.45) is 5.03. The number of nitrogens with two attached hydrogens (primary N) is 1. The molecule has 0 spiro atoms. The third-order valence-corrected chi connectivity index (χ3v) is 3.48. The second-order valence-corrected chi connectivity index (χ2v) is 4.67. The summed E-state index contributed by atoms with van der Waals surface area (Å²) in [4.78, 5) is 4.33. The van der Waals surface area contributed by atoms with Gasteiger partial charge in [0.15, 0.2) is 0 Å². The first kappa shape index (κ1) is 12.6. The van der Waals surface area contributed by atoms with Crippen LogP contribution in [0, 0.1) is 0 Å². The van der Waals surface area contributed by atoms with E-state index in [1.807, 2.05) is 11.6 Å². The van der Waals surface area contributed by atoms with Crippen LogP contribution in [0.5, 0.6) is 0 Å². The predicted molar refractivity (Wildman–Crippen MR) is 66.0 cm³/mol. The molecule has 1 aromatic heterocycles. The molecule has 3 N–H and O–H groups in total. The largest absolute Gasteiger partial charge is 0.328 e. The smallest absolute Gasteiger partial charge is 0.109 e. The van der Waals surface area contributed by atoms with Gasteiger partial charge in [0.25, 0.3) is 0 Å².